The molecule has 0 heterocycles. The van der Waals surface area contributed by atoms with Gasteiger partial charge in [0.2, 0.25) is 0 Å². The summed E-state index contributed by atoms with van der Waals surface area (Å²) in [5, 5.41) is 0. The van der Waals surface area contributed by atoms with Gasteiger partial charge in [-0.3, -0.25) is 0 Å². The predicted octanol–water partition coefficient (Wildman–Crippen LogP) is 2.87. The summed E-state index contributed by atoms with van der Waals surface area (Å²) in [5.41, 5.74) is 0. The Labute approximate surface area is 132 Å². The number of unbranched alkanes of at least 4 members (excludes halogenated alkanes) is 2. The van der Waals surface area contributed by atoms with Crippen molar-refractivity contribution in [2.45, 2.75) is 47.0 Å². The van der Waals surface area contributed by atoms with Crippen molar-refractivity contribution in [3.63, 3.8) is 0 Å². The third kappa shape index (κ3) is 13.2. The van der Waals surface area contributed by atoms with Gasteiger partial charge in [-0.05, 0) is 45.4 Å². The quantitative estimate of drug-likeness (QED) is 0.409. The van der Waals surface area contributed by atoms with E-state index in [1.165, 1.54) is 6.42 Å². The second-order valence-corrected chi connectivity index (χ2v) is 5.34. The van der Waals surface area contributed by atoms with E-state index >= 15 is 0 Å². The van der Waals surface area contributed by atoms with Crippen LogP contribution in [-0.2, 0) is 9.47 Å². The zero-order valence-corrected chi connectivity index (χ0v) is 14.9. The maximum Gasteiger partial charge on any atom is 0.0593 e. The van der Waals surface area contributed by atoms with Crippen LogP contribution in [0.1, 0.15) is 47.0 Å². The Morgan fingerprint density at radius 3 is 1.24 bits per heavy atom. The second-order valence-electron chi connectivity index (χ2n) is 5.34. The Hall–Kier alpha value is -0.160. The van der Waals surface area contributed by atoms with Crippen LogP contribution in [-0.4, -0.2) is 75.5 Å². The molecule has 0 unspecified atom stereocenters. The van der Waals surface area contributed by atoms with Gasteiger partial charge in [0.1, 0.15) is 0 Å². The molecule has 0 aromatic rings. The van der Waals surface area contributed by atoms with Crippen LogP contribution in [0, 0.1) is 0 Å². The molecule has 0 aliphatic rings. The highest BCUT2D eigenvalue weighted by molar-refractivity contribution is 4.51. The van der Waals surface area contributed by atoms with Crippen LogP contribution in [0.15, 0.2) is 0 Å². The fraction of sp³-hybridized carbons (Fsp3) is 1.00. The van der Waals surface area contributed by atoms with Gasteiger partial charge in [0.25, 0.3) is 0 Å². The zero-order chi connectivity index (χ0) is 15.8. The summed E-state index contributed by atoms with van der Waals surface area (Å²) in [5.74, 6) is 0. The average Bonchev–Trinajstić information content (AvgIpc) is 2.52. The van der Waals surface area contributed by atoms with Crippen molar-refractivity contribution in [3.05, 3.63) is 0 Å². The molecule has 0 atom stereocenters. The minimum absolute atomic E-state index is 0.863. The van der Waals surface area contributed by atoms with E-state index in [-0.39, 0.29) is 0 Å². The van der Waals surface area contributed by atoms with Crippen molar-refractivity contribution in [2.24, 2.45) is 0 Å². The van der Waals surface area contributed by atoms with Crippen molar-refractivity contribution >= 4 is 0 Å². The summed E-state index contributed by atoms with van der Waals surface area (Å²) in [7, 11) is 0. The van der Waals surface area contributed by atoms with Gasteiger partial charge in [0.15, 0.2) is 0 Å². The number of rotatable bonds is 16. The fourth-order valence-electron chi connectivity index (χ4n) is 2.26. The summed E-state index contributed by atoms with van der Waals surface area (Å²) < 4.78 is 11.3. The summed E-state index contributed by atoms with van der Waals surface area (Å²) >= 11 is 0. The van der Waals surface area contributed by atoms with Gasteiger partial charge < -0.3 is 19.3 Å². The maximum absolute atomic E-state index is 5.67. The first-order valence-corrected chi connectivity index (χ1v) is 8.88. The molecule has 0 aliphatic heterocycles. The van der Waals surface area contributed by atoms with Crippen molar-refractivity contribution in [1.29, 1.82) is 0 Å². The Morgan fingerprint density at radius 2 is 0.905 bits per heavy atom. The first-order valence-electron chi connectivity index (χ1n) is 8.88. The van der Waals surface area contributed by atoms with Crippen molar-refractivity contribution < 1.29 is 9.47 Å². The van der Waals surface area contributed by atoms with Crippen LogP contribution in [0.3, 0.4) is 0 Å². The lowest BCUT2D eigenvalue weighted by Gasteiger charge is -2.17. The molecule has 0 aromatic carbocycles. The number of likely N-dealkylation sites (N-methyl/N-ethyl adjacent to an activating group) is 2. The molecule has 0 aromatic heterocycles. The van der Waals surface area contributed by atoms with E-state index < -0.39 is 0 Å². The van der Waals surface area contributed by atoms with E-state index in [4.69, 9.17) is 9.47 Å². The van der Waals surface area contributed by atoms with Crippen molar-refractivity contribution in [1.82, 2.24) is 9.80 Å². The standard InChI is InChI=1S/C17H38N2O2/c1-5-18(6-2)12-16-20-14-10-9-11-15-21-17-13-19(7-3)8-4/h5-17H2,1-4H3. The molecular weight excluding hydrogens is 264 g/mol. The molecule has 0 saturated carbocycles. The molecule has 0 rings (SSSR count). The third-order valence-corrected chi connectivity index (χ3v) is 3.97. The molecule has 4 nitrogen and oxygen atoms in total. The van der Waals surface area contributed by atoms with Gasteiger partial charge in [-0.1, -0.05) is 27.7 Å². The van der Waals surface area contributed by atoms with Crippen LogP contribution in [0.4, 0.5) is 0 Å². The van der Waals surface area contributed by atoms with E-state index in [1.807, 2.05) is 0 Å². The molecule has 0 fully saturated rings. The first kappa shape index (κ1) is 20.8. The minimum atomic E-state index is 0.863. The Morgan fingerprint density at radius 1 is 0.524 bits per heavy atom. The maximum atomic E-state index is 5.67. The SMILES string of the molecule is CCN(CC)CCOCCCCCOCCN(CC)CC. The molecule has 21 heavy (non-hydrogen) atoms. The molecule has 128 valence electrons. The van der Waals surface area contributed by atoms with Crippen LogP contribution in [0.2, 0.25) is 0 Å². The van der Waals surface area contributed by atoms with E-state index in [0.717, 1.165) is 78.5 Å². The largest absolute Gasteiger partial charge is 0.380 e. The zero-order valence-electron chi connectivity index (χ0n) is 14.9. The van der Waals surface area contributed by atoms with E-state index in [9.17, 15) is 0 Å². The highest BCUT2D eigenvalue weighted by atomic mass is 16.5. The first-order chi connectivity index (χ1) is 10.3. The van der Waals surface area contributed by atoms with Gasteiger partial charge >= 0.3 is 0 Å². The van der Waals surface area contributed by atoms with Crippen LogP contribution in [0.25, 0.3) is 0 Å². The summed E-state index contributed by atoms with van der Waals surface area (Å²) in [6.45, 7) is 18.9. The van der Waals surface area contributed by atoms with Crippen LogP contribution < -0.4 is 0 Å². The normalized spacial score (nSPS) is 11.7. The lowest BCUT2D eigenvalue weighted by atomic mass is 10.2. The second kappa shape index (κ2) is 16.2. The molecule has 4 heteroatoms. The monoisotopic (exact) mass is 302 g/mol. The molecule has 0 spiro atoms. The van der Waals surface area contributed by atoms with Crippen LogP contribution >= 0.6 is 0 Å². The summed E-state index contributed by atoms with van der Waals surface area (Å²) in [6, 6.07) is 0. The predicted molar refractivity (Wildman–Crippen MR) is 91.1 cm³/mol. The Bertz CT molecular complexity index is 175. The third-order valence-electron chi connectivity index (χ3n) is 3.97. The topological polar surface area (TPSA) is 24.9 Å². The molecule has 0 N–H and O–H groups in total. The van der Waals surface area contributed by atoms with Gasteiger partial charge in [-0.15, -0.1) is 0 Å². The smallest absolute Gasteiger partial charge is 0.0593 e. The molecule has 0 saturated heterocycles. The number of hydrogen-bond donors (Lipinski definition) is 0. The highest BCUT2D eigenvalue weighted by Gasteiger charge is 1.99. The number of nitrogens with zero attached hydrogens (tertiary/aromatic N) is 2. The van der Waals surface area contributed by atoms with E-state index in [1.54, 1.807) is 0 Å². The Kier molecular flexibility index (Phi) is 16.1. The minimum Gasteiger partial charge on any atom is -0.380 e. The van der Waals surface area contributed by atoms with Crippen molar-refractivity contribution in [3.8, 4) is 0 Å². The van der Waals surface area contributed by atoms with Gasteiger partial charge in [0.05, 0.1) is 13.2 Å². The molecule has 0 radical (unpaired) electrons. The van der Waals surface area contributed by atoms with Gasteiger partial charge in [-0.2, -0.15) is 0 Å². The van der Waals surface area contributed by atoms with Crippen molar-refractivity contribution in [2.75, 3.05) is 65.7 Å². The lowest BCUT2D eigenvalue weighted by Crippen LogP contribution is -2.27. The van der Waals surface area contributed by atoms with Crippen LogP contribution in [0.5, 0.6) is 0 Å². The number of hydrogen-bond acceptors (Lipinski definition) is 4. The summed E-state index contributed by atoms with van der Waals surface area (Å²) in [6.07, 6.45) is 3.51. The fourth-order valence-corrected chi connectivity index (χ4v) is 2.26. The highest BCUT2D eigenvalue weighted by Crippen LogP contribution is 1.97. The molecule has 0 amide bonds. The molecule has 0 bridgehead atoms. The molecule has 0 aliphatic carbocycles. The Balaban J connectivity index is 3.15. The number of ether oxygens (including phenoxy) is 2. The van der Waals surface area contributed by atoms with Gasteiger partial charge in [0, 0.05) is 26.3 Å². The summed E-state index contributed by atoms with van der Waals surface area (Å²) in [4.78, 5) is 4.79. The van der Waals surface area contributed by atoms with E-state index in [0.29, 0.717) is 0 Å². The molecular formula is C17H38N2O2. The van der Waals surface area contributed by atoms with Gasteiger partial charge in [-0.25, -0.2) is 0 Å². The van der Waals surface area contributed by atoms with E-state index in [2.05, 4.69) is 37.5 Å². The lowest BCUT2D eigenvalue weighted by molar-refractivity contribution is 0.0918. The average molecular weight is 303 g/mol.